The maximum absolute atomic E-state index is 12.0. The van der Waals surface area contributed by atoms with E-state index in [9.17, 15) is 9.90 Å². The van der Waals surface area contributed by atoms with Crippen LogP contribution in [0.3, 0.4) is 0 Å². The highest BCUT2D eigenvalue weighted by Crippen LogP contribution is 2.20. The molecule has 19 heavy (non-hydrogen) atoms. The topological polar surface area (TPSA) is 71.5 Å². The van der Waals surface area contributed by atoms with E-state index in [2.05, 4.69) is 10.3 Å². The van der Waals surface area contributed by atoms with Crippen LogP contribution < -0.4 is 10.1 Å². The molecule has 0 spiro atoms. The average Bonchev–Trinajstić information content (AvgIpc) is 2.33. The first-order valence-corrected chi connectivity index (χ1v) is 6.28. The number of hydrogen-bond acceptors (Lipinski definition) is 4. The van der Waals surface area contributed by atoms with Crippen molar-refractivity contribution in [2.24, 2.45) is 5.41 Å². The van der Waals surface area contributed by atoms with E-state index in [1.807, 2.05) is 20.8 Å². The van der Waals surface area contributed by atoms with Crippen molar-refractivity contribution in [1.82, 2.24) is 10.3 Å². The molecule has 1 aromatic rings. The van der Waals surface area contributed by atoms with Gasteiger partial charge in [0.25, 0.3) is 5.91 Å². The monoisotopic (exact) mass is 266 g/mol. The molecule has 0 radical (unpaired) electrons. The fourth-order valence-electron chi connectivity index (χ4n) is 1.81. The lowest BCUT2D eigenvalue weighted by Crippen LogP contribution is -2.34. The number of pyridine rings is 1. The molecule has 2 N–H and O–H groups in total. The first kappa shape index (κ1) is 15.4. The van der Waals surface area contributed by atoms with E-state index in [0.29, 0.717) is 17.7 Å². The highest BCUT2D eigenvalue weighted by molar-refractivity contribution is 5.96. The van der Waals surface area contributed by atoms with Gasteiger partial charge in [0.1, 0.15) is 5.75 Å². The van der Waals surface area contributed by atoms with E-state index in [0.717, 1.165) is 0 Å². The number of carbonyl (C=O) groups is 1. The molecule has 0 aromatic carbocycles. The Labute approximate surface area is 114 Å². The highest BCUT2D eigenvalue weighted by atomic mass is 16.5. The Bertz CT molecular complexity index is 427. The van der Waals surface area contributed by atoms with Crippen LogP contribution in [-0.4, -0.2) is 35.8 Å². The highest BCUT2D eigenvalue weighted by Gasteiger charge is 2.18. The number of nitrogens with one attached hydrogen (secondary N) is 1. The molecule has 1 rings (SSSR count). The number of amides is 1. The van der Waals surface area contributed by atoms with Crippen LogP contribution in [0.4, 0.5) is 0 Å². The fraction of sp³-hybridized carbons (Fsp3) is 0.571. The lowest BCUT2D eigenvalue weighted by molar-refractivity contribution is 0.0866. The maximum Gasteiger partial charge on any atom is 0.255 e. The Morgan fingerprint density at radius 1 is 1.53 bits per heavy atom. The molecule has 0 aliphatic carbocycles. The van der Waals surface area contributed by atoms with Crippen LogP contribution in [0.25, 0.3) is 0 Å². The molecular weight excluding hydrogens is 244 g/mol. The van der Waals surface area contributed by atoms with Gasteiger partial charge in [0, 0.05) is 12.7 Å². The Morgan fingerprint density at radius 3 is 2.79 bits per heavy atom. The number of methoxy groups -OCH3 is 1. The molecule has 1 amide bonds. The van der Waals surface area contributed by atoms with E-state index in [-0.39, 0.29) is 17.9 Å². The van der Waals surface area contributed by atoms with Crippen molar-refractivity contribution < 1.29 is 14.6 Å². The van der Waals surface area contributed by atoms with Crippen molar-refractivity contribution in [2.75, 3.05) is 13.7 Å². The fourth-order valence-corrected chi connectivity index (χ4v) is 1.81. The molecule has 1 unspecified atom stereocenters. The van der Waals surface area contributed by atoms with Crippen LogP contribution in [0, 0.1) is 5.41 Å². The second kappa shape index (κ2) is 6.52. The van der Waals surface area contributed by atoms with Gasteiger partial charge in [0.2, 0.25) is 0 Å². The van der Waals surface area contributed by atoms with Crippen LogP contribution in [0.1, 0.15) is 37.6 Å². The predicted octanol–water partition coefficient (Wildman–Crippen LogP) is 1.62. The van der Waals surface area contributed by atoms with E-state index in [1.165, 1.54) is 19.5 Å². The summed E-state index contributed by atoms with van der Waals surface area (Å²) in [6, 6.07) is 1.59. The molecule has 1 aromatic heterocycles. The van der Waals surface area contributed by atoms with Gasteiger partial charge in [0.05, 0.1) is 25.0 Å². The zero-order valence-corrected chi connectivity index (χ0v) is 11.9. The van der Waals surface area contributed by atoms with Crippen molar-refractivity contribution in [3.63, 3.8) is 0 Å². The SMILES string of the molecule is COc1cnccc1C(=O)NCC(O)CC(C)(C)C. The Balaban J connectivity index is 2.56. The summed E-state index contributed by atoms with van der Waals surface area (Å²) in [4.78, 5) is 15.9. The summed E-state index contributed by atoms with van der Waals surface area (Å²) >= 11 is 0. The van der Waals surface area contributed by atoms with Crippen molar-refractivity contribution in [1.29, 1.82) is 0 Å². The molecule has 0 saturated heterocycles. The summed E-state index contributed by atoms with van der Waals surface area (Å²) in [5.74, 6) is 0.150. The summed E-state index contributed by atoms with van der Waals surface area (Å²) in [5, 5.41) is 12.5. The Kier molecular flexibility index (Phi) is 5.30. The van der Waals surface area contributed by atoms with Crippen LogP contribution in [-0.2, 0) is 0 Å². The normalized spacial score (nSPS) is 12.9. The number of ether oxygens (including phenoxy) is 1. The van der Waals surface area contributed by atoms with Crippen molar-refractivity contribution >= 4 is 5.91 Å². The zero-order valence-electron chi connectivity index (χ0n) is 11.9. The average molecular weight is 266 g/mol. The van der Waals surface area contributed by atoms with Gasteiger partial charge < -0.3 is 15.2 Å². The van der Waals surface area contributed by atoms with E-state index >= 15 is 0 Å². The molecular formula is C14H22N2O3. The minimum atomic E-state index is -0.559. The van der Waals surface area contributed by atoms with Crippen LogP contribution >= 0.6 is 0 Å². The number of aromatic nitrogens is 1. The van der Waals surface area contributed by atoms with Gasteiger partial charge in [-0.05, 0) is 17.9 Å². The predicted molar refractivity (Wildman–Crippen MR) is 73.2 cm³/mol. The molecule has 0 aliphatic heterocycles. The summed E-state index contributed by atoms with van der Waals surface area (Å²) in [6.45, 7) is 6.36. The first-order valence-electron chi connectivity index (χ1n) is 6.28. The molecule has 1 heterocycles. The summed E-state index contributed by atoms with van der Waals surface area (Å²) in [7, 11) is 1.49. The van der Waals surface area contributed by atoms with Gasteiger partial charge in [-0.25, -0.2) is 0 Å². The quantitative estimate of drug-likeness (QED) is 0.849. The molecule has 106 valence electrons. The van der Waals surface area contributed by atoms with Gasteiger partial charge in [-0.3, -0.25) is 9.78 Å². The number of hydrogen-bond donors (Lipinski definition) is 2. The number of rotatable bonds is 5. The summed E-state index contributed by atoms with van der Waals surface area (Å²) < 4.78 is 5.07. The molecule has 0 fully saturated rings. The third kappa shape index (κ3) is 5.26. The van der Waals surface area contributed by atoms with E-state index < -0.39 is 6.10 Å². The van der Waals surface area contributed by atoms with Gasteiger partial charge in [-0.1, -0.05) is 20.8 Å². The summed E-state index contributed by atoms with van der Waals surface area (Å²) in [6.07, 6.45) is 3.08. The third-order valence-corrected chi connectivity index (χ3v) is 2.60. The minimum Gasteiger partial charge on any atom is -0.494 e. The van der Waals surface area contributed by atoms with Crippen LogP contribution in [0.15, 0.2) is 18.5 Å². The van der Waals surface area contributed by atoms with Crippen LogP contribution in [0.5, 0.6) is 5.75 Å². The largest absolute Gasteiger partial charge is 0.494 e. The molecule has 0 aliphatic rings. The maximum atomic E-state index is 12.0. The van der Waals surface area contributed by atoms with Gasteiger partial charge in [0.15, 0.2) is 0 Å². The summed E-state index contributed by atoms with van der Waals surface area (Å²) in [5.41, 5.74) is 0.443. The van der Waals surface area contributed by atoms with E-state index in [4.69, 9.17) is 4.74 Å². The van der Waals surface area contributed by atoms with Crippen molar-refractivity contribution in [3.8, 4) is 5.75 Å². The second-order valence-electron chi connectivity index (χ2n) is 5.70. The number of aliphatic hydroxyl groups is 1. The molecule has 5 nitrogen and oxygen atoms in total. The molecule has 1 atom stereocenters. The number of nitrogens with zero attached hydrogens (tertiary/aromatic N) is 1. The standard InChI is InChI=1S/C14H22N2O3/c1-14(2,3)7-10(17)8-16-13(18)11-5-6-15-9-12(11)19-4/h5-6,9-10,17H,7-8H2,1-4H3,(H,16,18). The Morgan fingerprint density at radius 2 is 2.21 bits per heavy atom. The zero-order chi connectivity index (χ0) is 14.5. The van der Waals surface area contributed by atoms with Crippen molar-refractivity contribution in [3.05, 3.63) is 24.0 Å². The minimum absolute atomic E-state index is 0.0263. The number of aliphatic hydroxyl groups excluding tert-OH is 1. The lowest BCUT2D eigenvalue weighted by Gasteiger charge is -2.22. The smallest absolute Gasteiger partial charge is 0.255 e. The molecule has 0 saturated carbocycles. The van der Waals surface area contributed by atoms with Crippen LogP contribution in [0.2, 0.25) is 0 Å². The first-order chi connectivity index (χ1) is 8.83. The third-order valence-electron chi connectivity index (χ3n) is 2.60. The van der Waals surface area contributed by atoms with Gasteiger partial charge in [-0.15, -0.1) is 0 Å². The second-order valence-corrected chi connectivity index (χ2v) is 5.70. The van der Waals surface area contributed by atoms with E-state index in [1.54, 1.807) is 6.07 Å². The lowest BCUT2D eigenvalue weighted by atomic mass is 9.89. The molecule has 0 bridgehead atoms. The Hall–Kier alpha value is -1.62. The van der Waals surface area contributed by atoms with Gasteiger partial charge in [-0.2, -0.15) is 0 Å². The number of carbonyl (C=O) groups excluding carboxylic acids is 1. The van der Waals surface area contributed by atoms with Gasteiger partial charge >= 0.3 is 0 Å². The van der Waals surface area contributed by atoms with Crippen molar-refractivity contribution in [2.45, 2.75) is 33.3 Å². The molecule has 5 heteroatoms.